The van der Waals surface area contributed by atoms with Gasteiger partial charge < -0.3 is 20.5 Å². The molecule has 1 heterocycles. The minimum absolute atomic E-state index is 0.206. The zero-order valence-electron chi connectivity index (χ0n) is 10.9. The predicted molar refractivity (Wildman–Crippen MR) is 77.0 cm³/mol. The van der Waals surface area contributed by atoms with Crippen molar-refractivity contribution in [2.75, 3.05) is 25.2 Å². The molecule has 0 fully saturated rings. The average molecular weight is 306 g/mol. The molecule has 0 spiro atoms. The Morgan fingerprint density at radius 2 is 2.26 bits per heavy atom. The lowest BCUT2D eigenvalue weighted by molar-refractivity contribution is -0.139. The maximum Gasteiger partial charge on any atom is 0.337 e. The summed E-state index contributed by atoms with van der Waals surface area (Å²) in [7, 11) is -0.890. The SMILES string of the molecule is CC1=C(C(=O)OCCCS(C)=O)C(CO)NC(=S)N1. The number of ether oxygens (including phenoxy) is 1. The highest BCUT2D eigenvalue weighted by Crippen LogP contribution is 2.13. The van der Waals surface area contributed by atoms with E-state index < -0.39 is 22.8 Å². The molecule has 0 saturated heterocycles. The zero-order valence-corrected chi connectivity index (χ0v) is 12.5. The smallest absolute Gasteiger partial charge is 0.337 e. The lowest BCUT2D eigenvalue weighted by Gasteiger charge is -2.28. The minimum atomic E-state index is -0.890. The van der Waals surface area contributed by atoms with Crippen molar-refractivity contribution in [3.05, 3.63) is 11.3 Å². The standard InChI is InChI=1S/C11H18N2O4S2/c1-7-9(8(6-14)13-11(18)12-7)10(15)17-4-3-5-19(2)16/h8,14H,3-6H2,1-2H3,(H2,12,13,18). The Balaban J connectivity index is 2.60. The van der Waals surface area contributed by atoms with Crippen LogP contribution in [0.5, 0.6) is 0 Å². The molecule has 0 aromatic heterocycles. The third-order valence-electron chi connectivity index (χ3n) is 2.57. The van der Waals surface area contributed by atoms with Gasteiger partial charge in [0.1, 0.15) is 0 Å². The highest BCUT2D eigenvalue weighted by atomic mass is 32.2. The highest BCUT2D eigenvalue weighted by Gasteiger charge is 2.28. The fraction of sp³-hybridized carbons (Fsp3) is 0.636. The van der Waals surface area contributed by atoms with E-state index in [2.05, 4.69) is 10.6 Å². The van der Waals surface area contributed by atoms with E-state index in [9.17, 15) is 14.1 Å². The van der Waals surface area contributed by atoms with E-state index in [1.54, 1.807) is 13.2 Å². The molecular formula is C11H18N2O4S2. The maximum atomic E-state index is 11.9. The van der Waals surface area contributed by atoms with Gasteiger partial charge in [-0.3, -0.25) is 4.21 Å². The Bertz CT molecular complexity index is 423. The third-order valence-corrected chi connectivity index (χ3v) is 3.65. The molecule has 1 rings (SSSR count). The summed E-state index contributed by atoms with van der Waals surface area (Å²) >= 11 is 4.95. The Morgan fingerprint density at radius 1 is 1.58 bits per heavy atom. The van der Waals surface area contributed by atoms with Crippen LogP contribution in [0.2, 0.25) is 0 Å². The molecule has 1 aliphatic heterocycles. The van der Waals surface area contributed by atoms with Gasteiger partial charge in [0.15, 0.2) is 5.11 Å². The number of hydrogen-bond donors (Lipinski definition) is 3. The number of hydrogen-bond acceptors (Lipinski definition) is 5. The van der Waals surface area contributed by atoms with Crippen molar-refractivity contribution in [2.45, 2.75) is 19.4 Å². The molecule has 0 bridgehead atoms. The lowest BCUT2D eigenvalue weighted by atomic mass is 10.0. The van der Waals surface area contributed by atoms with Crippen LogP contribution in [0.25, 0.3) is 0 Å². The monoisotopic (exact) mass is 306 g/mol. The summed E-state index contributed by atoms with van der Waals surface area (Å²) in [5, 5.41) is 15.2. The first-order valence-electron chi connectivity index (χ1n) is 5.82. The molecule has 0 radical (unpaired) electrons. The van der Waals surface area contributed by atoms with Crippen molar-refractivity contribution in [1.29, 1.82) is 0 Å². The predicted octanol–water partition coefficient (Wildman–Crippen LogP) is -0.589. The van der Waals surface area contributed by atoms with Gasteiger partial charge in [0, 0.05) is 28.5 Å². The first-order valence-corrected chi connectivity index (χ1v) is 7.95. The first-order chi connectivity index (χ1) is 8.95. The number of rotatable bonds is 6. The summed E-state index contributed by atoms with van der Waals surface area (Å²) in [6.45, 7) is 1.66. The number of carbonyl (C=O) groups excluding carboxylic acids is 1. The second-order valence-electron chi connectivity index (χ2n) is 4.14. The van der Waals surface area contributed by atoms with Crippen LogP contribution in [0.15, 0.2) is 11.3 Å². The van der Waals surface area contributed by atoms with Gasteiger partial charge in [0.2, 0.25) is 0 Å². The second-order valence-corrected chi connectivity index (χ2v) is 6.10. The number of esters is 1. The third kappa shape index (κ3) is 4.88. The Morgan fingerprint density at radius 3 is 2.84 bits per heavy atom. The molecule has 1 aliphatic rings. The van der Waals surface area contributed by atoms with E-state index in [4.69, 9.17) is 17.0 Å². The molecule has 0 saturated carbocycles. The van der Waals surface area contributed by atoms with Gasteiger partial charge >= 0.3 is 5.97 Å². The van der Waals surface area contributed by atoms with E-state index >= 15 is 0 Å². The van der Waals surface area contributed by atoms with E-state index in [-0.39, 0.29) is 13.2 Å². The van der Waals surface area contributed by atoms with E-state index in [1.165, 1.54) is 0 Å². The molecule has 0 aromatic carbocycles. The fourth-order valence-corrected chi connectivity index (χ4v) is 2.52. The number of carbonyl (C=O) groups is 1. The largest absolute Gasteiger partial charge is 0.462 e. The van der Waals surface area contributed by atoms with Gasteiger partial charge in [-0.2, -0.15) is 0 Å². The van der Waals surface area contributed by atoms with Gasteiger partial charge in [0.25, 0.3) is 0 Å². The average Bonchev–Trinajstić information content (AvgIpc) is 2.33. The Kier molecular flexibility index (Phi) is 6.40. The van der Waals surface area contributed by atoms with Crippen LogP contribution in [-0.2, 0) is 20.3 Å². The summed E-state index contributed by atoms with van der Waals surface area (Å²) in [5.41, 5.74) is 0.917. The molecule has 0 amide bonds. The van der Waals surface area contributed by atoms with Crippen LogP contribution in [0, 0.1) is 0 Å². The molecule has 108 valence electrons. The van der Waals surface area contributed by atoms with Gasteiger partial charge in [-0.05, 0) is 25.6 Å². The van der Waals surface area contributed by atoms with Crippen LogP contribution in [-0.4, -0.2) is 51.7 Å². The maximum absolute atomic E-state index is 11.9. The Hall–Kier alpha value is -0.990. The summed E-state index contributed by atoms with van der Waals surface area (Å²) in [5.74, 6) is -0.00377. The van der Waals surface area contributed by atoms with Gasteiger partial charge in [-0.1, -0.05) is 0 Å². The molecule has 2 unspecified atom stereocenters. The summed E-state index contributed by atoms with van der Waals surface area (Å²) in [6, 6.07) is -0.554. The summed E-state index contributed by atoms with van der Waals surface area (Å²) in [6.07, 6.45) is 2.15. The molecule has 3 N–H and O–H groups in total. The van der Waals surface area contributed by atoms with E-state index in [0.29, 0.717) is 28.6 Å². The molecular weight excluding hydrogens is 288 g/mol. The van der Waals surface area contributed by atoms with Crippen molar-refractivity contribution in [3.8, 4) is 0 Å². The van der Waals surface area contributed by atoms with Gasteiger partial charge in [-0.25, -0.2) is 4.79 Å². The number of thiocarbonyl (C=S) groups is 1. The van der Waals surface area contributed by atoms with Crippen molar-refractivity contribution in [3.63, 3.8) is 0 Å². The lowest BCUT2D eigenvalue weighted by Crippen LogP contribution is -2.51. The van der Waals surface area contributed by atoms with Crippen molar-refractivity contribution in [1.82, 2.24) is 10.6 Å². The molecule has 0 aliphatic carbocycles. The first kappa shape index (κ1) is 16.1. The summed E-state index contributed by atoms with van der Waals surface area (Å²) in [4.78, 5) is 11.9. The number of aliphatic hydroxyl groups is 1. The number of aliphatic hydroxyl groups excluding tert-OH is 1. The normalized spacial score (nSPS) is 20.6. The Labute approximate surface area is 120 Å². The molecule has 6 nitrogen and oxygen atoms in total. The highest BCUT2D eigenvalue weighted by molar-refractivity contribution is 7.84. The topological polar surface area (TPSA) is 87.7 Å². The number of allylic oxidation sites excluding steroid dienone is 1. The molecule has 0 aromatic rings. The van der Waals surface area contributed by atoms with Crippen molar-refractivity contribution in [2.24, 2.45) is 0 Å². The zero-order chi connectivity index (χ0) is 14.4. The quantitative estimate of drug-likeness (QED) is 0.343. The van der Waals surface area contributed by atoms with Gasteiger partial charge in [0.05, 0.1) is 24.8 Å². The van der Waals surface area contributed by atoms with Crippen LogP contribution in [0.3, 0.4) is 0 Å². The number of nitrogens with one attached hydrogen (secondary N) is 2. The minimum Gasteiger partial charge on any atom is -0.462 e. The van der Waals surface area contributed by atoms with E-state index in [1.807, 2.05) is 0 Å². The molecule has 8 heteroatoms. The fourth-order valence-electron chi connectivity index (χ4n) is 1.70. The van der Waals surface area contributed by atoms with Crippen molar-refractivity contribution < 1.29 is 18.8 Å². The molecule has 19 heavy (non-hydrogen) atoms. The molecule has 2 atom stereocenters. The van der Waals surface area contributed by atoms with Crippen molar-refractivity contribution >= 4 is 34.1 Å². The summed E-state index contributed by atoms with van der Waals surface area (Å²) < 4.78 is 16.0. The van der Waals surface area contributed by atoms with Crippen LogP contribution >= 0.6 is 12.2 Å². The second kappa shape index (κ2) is 7.56. The van der Waals surface area contributed by atoms with Gasteiger partial charge in [-0.15, -0.1) is 0 Å². The van der Waals surface area contributed by atoms with Crippen LogP contribution < -0.4 is 10.6 Å². The van der Waals surface area contributed by atoms with E-state index in [0.717, 1.165) is 0 Å². The van der Waals surface area contributed by atoms with Crippen LogP contribution in [0.1, 0.15) is 13.3 Å². The van der Waals surface area contributed by atoms with Crippen LogP contribution in [0.4, 0.5) is 0 Å².